The van der Waals surface area contributed by atoms with E-state index in [1.165, 1.54) is 30.9 Å². The zero-order chi connectivity index (χ0) is 29.7. The monoisotopic (exact) mass is 584 g/mol. The Hall–Kier alpha value is -3.43. The van der Waals surface area contributed by atoms with Gasteiger partial charge in [-0.15, -0.1) is 0 Å². The number of amides is 2. The molecule has 9 nitrogen and oxygen atoms in total. The van der Waals surface area contributed by atoms with Crippen LogP contribution in [0.3, 0.4) is 0 Å². The first-order chi connectivity index (χ1) is 20.8. The molecule has 1 aromatic heterocycles. The fraction of sp³-hybridized carbons (Fsp3) is 0.559. The van der Waals surface area contributed by atoms with E-state index in [9.17, 15) is 9.59 Å². The van der Waals surface area contributed by atoms with E-state index in [4.69, 9.17) is 14.2 Å². The van der Waals surface area contributed by atoms with E-state index in [2.05, 4.69) is 33.4 Å². The van der Waals surface area contributed by atoms with Crippen LogP contribution < -0.4 is 14.8 Å². The van der Waals surface area contributed by atoms with Gasteiger partial charge in [-0.3, -0.25) is 19.5 Å². The van der Waals surface area contributed by atoms with Crippen LogP contribution in [0, 0.1) is 11.3 Å². The summed E-state index contributed by atoms with van der Waals surface area (Å²) >= 11 is 0. The highest BCUT2D eigenvalue weighted by molar-refractivity contribution is 5.97. The third-order valence-electron chi connectivity index (χ3n) is 11.5. The number of carbonyl (C=O) groups is 2. The molecule has 43 heavy (non-hydrogen) atoms. The highest BCUT2D eigenvalue weighted by atomic mass is 16.6. The first-order valence-electron chi connectivity index (χ1n) is 15.6. The molecule has 2 amide bonds. The molecular formula is C34H40N4O5. The molecule has 4 bridgehead atoms. The van der Waals surface area contributed by atoms with E-state index in [1.54, 1.807) is 38.4 Å². The second-order valence-electron chi connectivity index (χ2n) is 13.5. The molecule has 2 spiro atoms. The minimum atomic E-state index is -0.889. The van der Waals surface area contributed by atoms with Crippen molar-refractivity contribution in [1.29, 1.82) is 0 Å². The van der Waals surface area contributed by atoms with Gasteiger partial charge in [0.25, 0.3) is 5.91 Å². The molecule has 0 radical (unpaired) electrons. The average molecular weight is 585 g/mol. The molecule has 2 saturated carbocycles. The van der Waals surface area contributed by atoms with Crippen LogP contribution in [0.2, 0.25) is 0 Å². The number of benzene rings is 1. The van der Waals surface area contributed by atoms with Gasteiger partial charge in [0.15, 0.2) is 11.5 Å². The van der Waals surface area contributed by atoms with Crippen molar-refractivity contribution in [2.75, 3.05) is 39.7 Å². The fourth-order valence-electron chi connectivity index (χ4n) is 9.62. The molecule has 7 aliphatic rings. The molecule has 2 aromatic rings. The standard InChI is InChI=1S/C34H40N4O5/c1-20(39)36-24-6-5-14-35-25(24)19-37(2)30(40)23-17-32-11-12-34(23,42-4)31-33(32)13-15-38(18-21-7-8-21)27(32)16-22-9-10-26(41-3)29(43-31)28(22)33/h5-6,9-10,14,17,21,27,31H,7-8,11-13,15-16,18-19H2,1-4H3,(H,36,39)/t27-,31-,32-,33+,34-/m1/s1. The lowest BCUT2D eigenvalue weighted by atomic mass is 9.37. The van der Waals surface area contributed by atoms with Gasteiger partial charge in [-0.2, -0.15) is 0 Å². The van der Waals surface area contributed by atoms with E-state index in [0.29, 0.717) is 23.0 Å². The predicted molar refractivity (Wildman–Crippen MR) is 160 cm³/mol. The smallest absolute Gasteiger partial charge is 0.252 e. The van der Waals surface area contributed by atoms with Crippen molar-refractivity contribution in [3.05, 3.63) is 58.9 Å². The van der Waals surface area contributed by atoms with Gasteiger partial charge in [0.2, 0.25) is 5.91 Å². The second-order valence-corrected chi connectivity index (χ2v) is 13.5. The number of nitrogens with zero attached hydrogens (tertiary/aromatic N) is 3. The molecule has 5 atom stereocenters. The zero-order valence-electron chi connectivity index (χ0n) is 25.4. The normalized spacial score (nSPS) is 32.9. The lowest BCUT2D eigenvalue weighted by Crippen LogP contribution is -2.78. The van der Waals surface area contributed by atoms with Gasteiger partial charge in [0.1, 0.15) is 11.7 Å². The van der Waals surface area contributed by atoms with Crippen LogP contribution in [0.5, 0.6) is 11.5 Å². The summed E-state index contributed by atoms with van der Waals surface area (Å²) in [5, 5.41) is 2.85. The van der Waals surface area contributed by atoms with Crippen molar-refractivity contribution in [3.8, 4) is 11.5 Å². The maximum absolute atomic E-state index is 14.6. The maximum atomic E-state index is 14.6. The average Bonchev–Trinajstić information content (AvgIpc) is 3.75. The first kappa shape index (κ1) is 27.1. The van der Waals surface area contributed by atoms with E-state index in [-0.39, 0.29) is 35.3 Å². The number of nitrogens with one attached hydrogen (secondary N) is 1. The van der Waals surface area contributed by atoms with Gasteiger partial charge >= 0.3 is 0 Å². The van der Waals surface area contributed by atoms with Crippen LogP contribution in [0.25, 0.3) is 0 Å². The third-order valence-corrected chi connectivity index (χ3v) is 11.5. The SMILES string of the molecule is COc1ccc2c3c1O[C@@H]1[C@]34CCN(CC3CC3)[C@H](C2)[C@@]42C=C(C(=O)N(C)Cc3ncccc3NC(C)=O)[C@]1(OC)CC2. The Kier molecular flexibility index (Phi) is 5.86. The van der Waals surface area contributed by atoms with Crippen molar-refractivity contribution in [3.63, 3.8) is 0 Å². The lowest BCUT2D eigenvalue weighted by molar-refractivity contribution is -0.198. The molecule has 1 aromatic carbocycles. The molecule has 1 saturated heterocycles. The van der Waals surface area contributed by atoms with Gasteiger partial charge in [-0.05, 0) is 74.8 Å². The van der Waals surface area contributed by atoms with Gasteiger partial charge in [0, 0.05) is 56.4 Å². The van der Waals surface area contributed by atoms with Crippen LogP contribution in [0.4, 0.5) is 5.69 Å². The zero-order valence-corrected chi connectivity index (χ0v) is 25.4. The number of likely N-dealkylation sites (N-methyl/N-ethyl adjacent to an activating group) is 1. The van der Waals surface area contributed by atoms with Gasteiger partial charge < -0.3 is 24.4 Å². The highest BCUT2D eigenvalue weighted by Gasteiger charge is 2.79. The van der Waals surface area contributed by atoms with Gasteiger partial charge in [-0.1, -0.05) is 12.1 Å². The number of pyridine rings is 1. The molecular weight excluding hydrogens is 544 g/mol. The molecule has 1 N–H and O–H groups in total. The summed E-state index contributed by atoms with van der Waals surface area (Å²) in [6, 6.07) is 8.19. The number of rotatable bonds is 8. The minimum Gasteiger partial charge on any atom is -0.493 e. The molecule has 3 heterocycles. The minimum absolute atomic E-state index is 0.0839. The van der Waals surface area contributed by atoms with Crippen molar-refractivity contribution < 1.29 is 23.8 Å². The van der Waals surface area contributed by atoms with Crippen LogP contribution in [0.1, 0.15) is 55.8 Å². The summed E-state index contributed by atoms with van der Waals surface area (Å²) in [7, 11) is 5.24. The third kappa shape index (κ3) is 3.49. The summed E-state index contributed by atoms with van der Waals surface area (Å²) in [6.07, 6.45) is 9.93. The molecule has 226 valence electrons. The largest absolute Gasteiger partial charge is 0.493 e. The van der Waals surface area contributed by atoms with E-state index in [0.717, 1.165) is 56.2 Å². The number of likely N-dealkylation sites (tertiary alicyclic amines) is 1. The number of aromatic nitrogens is 1. The number of piperidine rings is 1. The van der Waals surface area contributed by atoms with Crippen LogP contribution >= 0.6 is 0 Å². The fourth-order valence-corrected chi connectivity index (χ4v) is 9.62. The summed E-state index contributed by atoms with van der Waals surface area (Å²) in [4.78, 5) is 35.4. The van der Waals surface area contributed by atoms with Gasteiger partial charge in [0.05, 0.1) is 30.5 Å². The summed E-state index contributed by atoms with van der Waals surface area (Å²) in [5.74, 6) is 2.12. The van der Waals surface area contributed by atoms with Crippen LogP contribution in [-0.4, -0.2) is 78.7 Å². The molecule has 0 unspecified atom stereocenters. The molecule has 9 rings (SSSR count). The first-order valence-corrected chi connectivity index (χ1v) is 15.6. The molecule has 3 fully saturated rings. The van der Waals surface area contributed by atoms with Crippen molar-refractivity contribution in [2.45, 2.75) is 75.2 Å². The Balaban J connectivity index is 1.25. The number of anilines is 1. The number of hydrogen-bond acceptors (Lipinski definition) is 7. The number of methoxy groups -OCH3 is 2. The van der Waals surface area contributed by atoms with Crippen LogP contribution in [-0.2, 0) is 32.7 Å². The number of fused-ring (bicyclic) bond motifs is 1. The topological polar surface area (TPSA) is 93.2 Å². The Morgan fingerprint density at radius 2 is 2.02 bits per heavy atom. The highest BCUT2D eigenvalue weighted by Crippen LogP contribution is 2.75. The van der Waals surface area contributed by atoms with E-state index < -0.39 is 5.60 Å². The molecule has 2 aliphatic heterocycles. The quantitative estimate of drug-likeness (QED) is 0.504. The Morgan fingerprint density at radius 3 is 2.77 bits per heavy atom. The van der Waals surface area contributed by atoms with Crippen molar-refractivity contribution in [2.24, 2.45) is 11.3 Å². The maximum Gasteiger partial charge on any atom is 0.252 e. The summed E-state index contributed by atoms with van der Waals surface area (Å²) in [6.45, 7) is 3.89. The Labute approximate surface area is 252 Å². The van der Waals surface area contributed by atoms with Gasteiger partial charge in [-0.25, -0.2) is 0 Å². The Morgan fingerprint density at radius 1 is 1.19 bits per heavy atom. The number of hydrogen-bond donors (Lipinski definition) is 1. The predicted octanol–water partition coefficient (Wildman–Crippen LogP) is 3.85. The number of carbonyl (C=O) groups excluding carboxylic acids is 2. The van der Waals surface area contributed by atoms with Crippen LogP contribution in [0.15, 0.2) is 42.1 Å². The Bertz CT molecular complexity index is 1570. The summed E-state index contributed by atoms with van der Waals surface area (Å²) < 4.78 is 19.4. The lowest BCUT2D eigenvalue weighted by Gasteiger charge is -2.70. The summed E-state index contributed by atoms with van der Waals surface area (Å²) in [5.41, 5.74) is 3.19. The molecule has 5 aliphatic carbocycles. The second kappa shape index (κ2) is 9.29. The van der Waals surface area contributed by atoms with Crippen molar-refractivity contribution in [1.82, 2.24) is 14.8 Å². The van der Waals surface area contributed by atoms with Crippen molar-refractivity contribution >= 4 is 17.5 Å². The van der Waals surface area contributed by atoms with E-state index in [1.807, 2.05) is 6.07 Å². The number of ether oxygens (including phenoxy) is 3. The van der Waals surface area contributed by atoms with E-state index >= 15 is 0 Å². The molecule has 9 heteroatoms.